The normalized spacial score (nSPS) is 16.9. The minimum Gasteiger partial charge on any atom is -0.456 e. The Morgan fingerprint density at radius 2 is 1.36 bits per heavy atom. The summed E-state index contributed by atoms with van der Waals surface area (Å²) < 4.78 is 21.9. The Bertz CT molecular complexity index is 2080. The monoisotopic (exact) mass is 526 g/mol. The highest BCUT2D eigenvalue weighted by Crippen LogP contribution is 2.43. The second-order valence-corrected chi connectivity index (χ2v) is 12.7. The number of hydrogen-bond acceptors (Lipinski definition) is 4. The molecule has 5 aromatic carbocycles. The summed E-state index contributed by atoms with van der Waals surface area (Å²) in [7, 11) is -0.458. The third kappa shape index (κ3) is 3.37. The van der Waals surface area contributed by atoms with Gasteiger partial charge in [-0.25, -0.2) is 0 Å². The lowest BCUT2D eigenvalue weighted by Crippen LogP contribution is -2.41. The molecule has 0 atom stereocenters. The highest BCUT2D eigenvalue weighted by molar-refractivity contribution is 7.26. The van der Waals surface area contributed by atoms with Gasteiger partial charge in [0.15, 0.2) is 0 Å². The van der Waals surface area contributed by atoms with Crippen molar-refractivity contribution in [2.75, 3.05) is 0 Å². The fourth-order valence-electron chi connectivity index (χ4n) is 5.94. The molecule has 0 radical (unpaired) electrons. The van der Waals surface area contributed by atoms with Crippen LogP contribution in [-0.4, -0.2) is 18.3 Å². The van der Waals surface area contributed by atoms with Crippen LogP contribution in [-0.2, 0) is 9.31 Å². The van der Waals surface area contributed by atoms with Gasteiger partial charge in [-0.2, -0.15) is 0 Å². The van der Waals surface area contributed by atoms with E-state index in [0.717, 1.165) is 27.4 Å². The number of fused-ring (bicyclic) bond motifs is 7. The molecule has 1 aliphatic heterocycles. The summed E-state index contributed by atoms with van der Waals surface area (Å²) in [6, 6.07) is 32.6. The van der Waals surface area contributed by atoms with Crippen LogP contribution in [0.3, 0.4) is 0 Å². The number of benzene rings is 5. The summed E-state index contributed by atoms with van der Waals surface area (Å²) in [5.74, 6) is 0. The SMILES string of the molecule is CC1(C)OB(c2cccc3oc4ccc(-c5cccc6sc7cc8ccccc8cc7c56)cc4c23)OC1(C)C. The summed E-state index contributed by atoms with van der Waals surface area (Å²) in [5.41, 5.74) is 4.30. The molecule has 0 spiro atoms. The van der Waals surface area contributed by atoms with Gasteiger partial charge in [-0.05, 0) is 91.5 Å². The summed E-state index contributed by atoms with van der Waals surface area (Å²) in [4.78, 5) is 0. The maximum atomic E-state index is 6.46. The van der Waals surface area contributed by atoms with E-state index in [1.54, 1.807) is 0 Å². The quantitative estimate of drug-likeness (QED) is 0.211. The first-order chi connectivity index (χ1) is 18.8. The first kappa shape index (κ1) is 23.3. The van der Waals surface area contributed by atoms with E-state index in [0.29, 0.717) is 0 Å². The average molecular weight is 526 g/mol. The maximum Gasteiger partial charge on any atom is 0.495 e. The van der Waals surface area contributed by atoms with Crippen molar-refractivity contribution in [3.63, 3.8) is 0 Å². The minimum absolute atomic E-state index is 0.412. The second-order valence-electron chi connectivity index (χ2n) is 11.6. The Kier molecular flexibility index (Phi) is 4.74. The predicted molar refractivity (Wildman–Crippen MR) is 165 cm³/mol. The molecule has 3 nitrogen and oxygen atoms in total. The molecule has 0 bridgehead atoms. The molecule has 190 valence electrons. The second kappa shape index (κ2) is 7.95. The summed E-state index contributed by atoms with van der Waals surface area (Å²) in [6.07, 6.45) is 0. The molecule has 39 heavy (non-hydrogen) atoms. The Labute approximate surface area is 231 Å². The van der Waals surface area contributed by atoms with Gasteiger partial charge in [-0.1, -0.05) is 54.6 Å². The molecule has 0 unspecified atom stereocenters. The highest BCUT2D eigenvalue weighted by atomic mass is 32.1. The molecular weight excluding hydrogens is 499 g/mol. The molecule has 1 aliphatic rings. The molecular formula is C34H27BO3S. The minimum atomic E-state index is -0.458. The molecule has 1 saturated heterocycles. The number of rotatable bonds is 2. The lowest BCUT2D eigenvalue weighted by atomic mass is 9.76. The van der Waals surface area contributed by atoms with E-state index in [2.05, 4.69) is 107 Å². The van der Waals surface area contributed by atoms with Crippen LogP contribution >= 0.6 is 11.3 Å². The molecule has 0 amide bonds. The van der Waals surface area contributed by atoms with Crippen molar-refractivity contribution in [1.82, 2.24) is 0 Å². The molecule has 3 heterocycles. The van der Waals surface area contributed by atoms with E-state index in [1.807, 2.05) is 23.5 Å². The van der Waals surface area contributed by atoms with Crippen molar-refractivity contribution in [3.05, 3.63) is 91.0 Å². The van der Waals surface area contributed by atoms with Gasteiger partial charge in [0.05, 0.1) is 11.2 Å². The third-order valence-electron chi connectivity index (χ3n) is 8.71. The molecule has 0 saturated carbocycles. The molecule has 0 aliphatic carbocycles. The Morgan fingerprint density at radius 1 is 0.615 bits per heavy atom. The van der Waals surface area contributed by atoms with Crippen LogP contribution in [0.5, 0.6) is 0 Å². The number of furan rings is 1. The van der Waals surface area contributed by atoms with Crippen LogP contribution in [0.4, 0.5) is 0 Å². The van der Waals surface area contributed by atoms with Crippen molar-refractivity contribution < 1.29 is 13.7 Å². The van der Waals surface area contributed by atoms with Crippen molar-refractivity contribution in [3.8, 4) is 11.1 Å². The Hall–Kier alpha value is -3.64. The van der Waals surface area contributed by atoms with Crippen molar-refractivity contribution in [2.45, 2.75) is 38.9 Å². The zero-order valence-electron chi connectivity index (χ0n) is 22.4. The summed E-state index contributed by atoms with van der Waals surface area (Å²) in [6.45, 7) is 8.36. The van der Waals surface area contributed by atoms with Gasteiger partial charge < -0.3 is 13.7 Å². The van der Waals surface area contributed by atoms with E-state index < -0.39 is 18.3 Å². The fourth-order valence-corrected chi connectivity index (χ4v) is 7.10. The zero-order valence-corrected chi connectivity index (χ0v) is 23.2. The maximum absolute atomic E-state index is 6.46. The summed E-state index contributed by atoms with van der Waals surface area (Å²) >= 11 is 1.86. The van der Waals surface area contributed by atoms with Gasteiger partial charge in [0.1, 0.15) is 11.2 Å². The first-order valence-electron chi connectivity index (χ1n) is 13.4. The largest absolute Gasteiger partial charge is 0.495 e. The van der Waals surface area contributed by atoms with Gasteiger partial charge in [0.2, 0.25) is 0 Å². The smallest absolute Gasteiger partial charge is 0.456 e. The van der Waals surface area contributed by atoms with E-state index in [9.17, 15) is 0 Å². The highest BCUT2D eigenvalue weighted by Gasteiger charge is 2.52. The van der Waals surface area contributed by atoms with Crippen LogP contribution in [0.15, 0.2) is 95.4 Å². The van der Waals surface area contributed by atoms with Crippen LogP contribution in [0.25, 0.3) is 64.0 Å². The van der Waals surface area contributed by atoms with E-state index in [-0.39, 0.29) is 0 Å². The molecule has 5 heteroatoms. The Morgan fingerprint density at radius 3 is 2.15 bits per heavy atom. The average Bonchev–Trinajstić information content (AvgIpc) is 3.54. The summed E-state index contributed by atoms with van der Waals surface area (Å²) in [5, 5.41) is 7.29. The van der Waals surface area contributed by atoms with Gasteiger partial charge in [-0.3, -0.25) is 0 Å². The molecule has 8 rings (SSSR count). The van der Waals surface area contributed by atoms with Crippen LogP contribution in [0.2, 0.25) is 0 Å². The van der Waals surface area contributed by atoms with Crippen LogP contribution in [0.1, 0.15) is 27.7 Å². The first-order valence-corrected chi connectivity index (χ1v) is 14.3. The fraction of sp³-hybridized carbons (Fsp3) is 0.176. The number of hydrogen-bond donors (Lipinski definition) is 0. The number of thiophene rings is 1. The molecule has 1 fully saturated rings. The van der Waals surface area contributed by atoms with Gasteiger partial charge in [-0.15, -0.1) is 11.3 Å². The zero-order chi connectivity index (χ0) is 26.5. The molecule has 0 N–H and O–H groups in total. The Balaban J connectivity index is 1.36. The molecule has 2 aromatic heterocycles. The van der Waals surface area contributed by atoms with Gasteiger partial charge >= 0.3 is 7.12 Å². The third-order valence-corrected chi connectivity index (χ3v) is 9.83. The predicted octanol–water partition coefficient (Wildman–Crippen LogP) is 9.07. The molecule has 7 aromatic rings. The lowest BCUT2D eigenvalue weighted by Gasteiger charge is -2.32. The van der Waals surface area contributed by atoms with E-state index in [1.165, 1.54) is 42.1 Å². The van der Waals surface area contributed by atoms with Crippen molar-refractivity contribution in [1.29, 1.82) is 0 Å². The topological polar surface area (TPSA) is 31.6 Å². The van der Waals surface area contributed by atoms with Gasteiger partial charge in [0.25, 0.3) is 0 Å². The standard InChI is InChI=1S/C34H27BO3S/c1-33(2)34(3,4)38-35(37-33)26-12-8-13-28-32(26)24-18-22(15-16-27(24)36-28)23-11-7-14-29-31(23)25-17-20-9-5-6-10-21(20)19-30(25)39-29/h5-19H,1-4H3. The van der Waals surface area contributed by atoms with Crippen molar-refractivity contribution in [2.24, 2.45) is 0 Å². The van der Waals surface area contributed by atoms with E-state index >= 15 is 0 Å². The van der Waals surface area contributed by atoms with E-state index in [4.69, 9.17) is 13.7 Å². The van der Waals surface area contributed by atoms with Gasteiger partial charge in [0, 0.05) is 30.9 Å². The van der Waals surface area contributed by atoms with Crippen LogP contribution in [0, 0.1) is 0 Å². The van der Waals surface area contributed by atoms with Crippen LogP contribution < -0.4 is 5.46 Å². The van der Waals surface area contributed by atoms with Crippen molar-refractivity contribution >= 4 is 76.8 Å². The lowest BCUT2D eigenvalue weighted by molar-refractivity contribution is 0.00578.